The molecule has 0 saturated carbocycles. The molecule has 0 spiro atoms. The molecule has 4 amide bonds. The molecular formula is C32H34N6O4. The highest BCUT2D eigenvalue weighted by molar-refractivity contribution is 5.92. The molecule has 0 unspecified atom stereocenters. The van der Waals surface area contributed by atoms with E-state index < -0.39 is 12.2 Å². The van der Waals surface area contributed by atoms with E-state index in [1.54, 1.807) is 51.1 Å². The van der Waals surface area contributed by atoms with Crippen LogP contribution in [0, 0.1) is 6.92 Å². The lowest BCUT2D eigenvalue weighted by molar-refractivity contribution is -0.187. The van der Waals surface area contributed by atoms with Gasteiger partial charge in [0.05, 0.1) is 19.6 Å². The van der Waals surface area contributed by atoms with E-state index in [1.807, 2.05) is 61.5 Å². The lowest BCUT2D eigenvalue weighted by atomic mass is 9.98. The van der Waals surface area contributed by atoms with E-state index in [-0.39, 0.29) is 43.1 Å². The molecule has 2 aliphatic heterocycles. The third-order valence-corrected chi connectivity index (χ3v) is 8.22. The summed E-state index contributed by atoms with van der Waals surface area (Å²) in [6.07, 6.45) is -0.441. The third kappa shape index (κ3) is 5.16. The first-order chi connectivity index (χ1) is 20.3. The molecule has 3 N–H and O–H groups in total. The summed E-state index contributed by atoms with van der Waals surface area (Å²) < 4.78 is 0. The maximum absolute atomic E-state index is 14.1. The zero-order chi connectivity index (χ0) is 29.4. The van der Waals surface area contributed by atoms with Gasteiger partial charge in [0, 0.05) is 36.6 Å². The number of urea groups is 1. The van der Waals surface area contributed by atoms with Crippen LogP contribution in [-0.4, -0.2) is 80.1 Å². The molecule has 0 aliphatic carbocycles. The van der Waals surface area contributed by atoms with Gasteiger partial charge in [0.15, 0.2) is 0 Å². The van der Waals surface area contributed by atoms with Crippen molar-refractivity contribution in [3.05, 3.63) is 101 Å². The Balaban J connectivity index is 1.33. The maximum Gasteiger partial charge on any atom is 0.334 e. The number of H-pyrrole nitrogens is 1. The Bertz CT molecular complexity index is 1620. The number of hydrazine groups is 1. The number of rotatable bonds is 6. The number of carbonyl (C=O) groups is 3. The molecule has 2 atom stereocenters. The van der Waals surface area contributed by atoms with Gasteiger partial charge in [0.1, 0.15) is 18.0 Å². The number of fused-ring (bicyclic) bond motifs is 2. The van der Waals surface area contributed by atoms with Crippen molar-refractivity contribution in [1.29, 1.82) is 0 Å². The van der Waals surface area contributed by atoms with Gasteiger partial charge < -0.3 is 25.2 Å². The van der Waals surface area contributed by atoms with Gasteiger partial charge >= 0.3 is 6.03 Å². The van der Waals surface area contributed by atoms with Gasteiger partial charge in [-0.3, -0.25) is 9.59 Å². The average molecular weight is 567 g/mol. The third-order valence-electron chi connectivity index (χ3n) is 8.22. The highest BCUT2D eigenvalue weighted by atomic mass is 16.3. The number of phenolic OH excluding ortho intramolecular Hbond substituents is 1. The zero-order valence-corrected chi connectivity index (χ0v) is 23.7. The Labute approximate surface area is 244 Å². The van der Waals surface area contributed by atoms with E-state index >= 15 is 0 Å². The van der Waals surface area contributed by atoms with Crippen molar-refractivity contribution < 1.29 is 19.5 Å². The first kappa shape index (κ1) is 27.3. The van der Waals surface area contributed by atoms with Crippen molar-refractivity contribution in [2.45, 2.75) is 38.6 Å². The number of nitrogens with one attached hydrogen (secondary N) is 2. The van der Waals surface area contributed by atoms with Crippen LogP contribution >= 0.6 is 0 Å². The van der Waals surface area contributed by atoms with Gasteiger partial charge in [-0.1, -0.05) is 60.7 Å². The van der Waals surface area contributed by atoms with Crippen molar-refractivity contribution in [2.24, 2.45) is 0 Å². The van der Waals surface area contributed by atoms with Crippen LogP contribution in [-0.2, 0) is 29.1 Å². The standard InChI is InChI=1S/C32H34N6O4/c1-21-25-10-6-7-11-26(25)34-27(21)18-36-19-29-37(28(31(36)41)16-22-12-14-24(39)15-13-22)30(40)20-35(2)38(29)32(42)33-17-23-8-4-3-5-9-23/h3-15,28-29,34,39H,16-20H2,1-2H3,(H,33,42)/t28-,29-/m0/s1. The quantitative estimate of drug-likeness (QED) is 0.331. The first-order valence-electron chi connectivity index (χ1n) is 14.1. The average Bonchev–Trinajstić information content (AvgIpc) is 3.30. The molecule has 1 aromatic heterocycles. The SMILES string of the molecule is Cc1c(CN2C[C@H]3N(C(=O)CN(C)N3C(=O)NCc3ccccc3)[C@@H](Cc3ccc(O)cc3)C2=O)[nH]c2ccccc12. The molecular weight excluding hydrogens is 532 g/mol. The molecule has 0 bridgehead atoms. The number of amides is 4. The Morgan fingerprint density at radius 1 is 0.976 bits per heavy atom. The van der Waals surface area contributed by atoms with E-state index in [2.05, 4.69) is 10.3 Å². The summed E-state index contributed by atoms with van der Waals surface area (Å²) in [7, 11) is 1.72. The zero-order valence-electron chi connectivity index (χ0n) is 23.7. The predicted octanol–water partition coefficient (Wildman–Crippen LogP) is 3.36. The second-order valence-corrected chi connectivity index (χ2v) is 11.0. The summed E-state index contributed by atoms with van der Waals surface area (Å²) >= 11 is 0. The molecule has 2 saturated heterocycles. The Morgan fingerprint density at radius 3 is 2.43 bits per heavy atom. The molecule has 0 radical (unpaired) electrons. The fourth-order valence-corrected chi connectivity index (χ4v) is 6.04. The van der Waals surface area contributed by atoms with E-state index in [0.717, 1.165) is 33.3 Å². The topological polar surface area (TPSA) is 112 Å². The summed E-state index contributed by atoms with van der Waals surface area (Å²) in [6.45, 7) is 2.81. The lowest BCUT2D eigenvalue weighted by Crippen LogP contribution is -2.76. The van der Waals surface area contributed by atoms with Crippen molar-refractivity contribution in [1.82, 2.24) is 30.1 Å². The van der Waals surface area contributed by atoms with Crippen molar-refractivity contribution >= 4 is 28.7 Å². The Kier molecular flexibility index (Phi) is 7.30. The molecule has 3 aromatic carbocycles. The summed E-state index contributed by atoms with van der Waals surface area (Å²) in [5.74, 6) is -0.271. The van der Waals surface area contributed by atoms with Gasteiger partial charge in [0.2, 0.25) is 11.8 Å². The fraction of sp³-hybridized carbons (Fsp3) is 0.281. The van der Waals surface area contributed by atoms with E-state index in [0.29, 0.717) is 13.1 Å². The number of aromatic amines is 1. The molecule has 4 aromatic rings. The van der Waals surface area contributed by atoms with Crippen LogP contribution in [0.25, 0.3) is 10.9 Å². The maximum atomic E-state index is 14.1. The second kappa shape index (κ2) is 11.2. The number of carbonyl (C=O) groups excluding carboxylic acids is 3. The molecule has 216 valence electrons. The molecule has 6 rings (SSSR count). The number of nitrogens with zero attached hydrogens (tertiary/aromatic N) is 4. The largest absolute Gasteiger partial charge is 0.508 e. The minimum absolute atomic E-state index is 0.0320. The number of likely N-dealkylation sites (N-methyl/N-ethyl adjacent to an activating group) is 1. The number of hydrogen-bond acceptors (Lipinski definition) is 5. The van der Waals surface area contributed by atoms with Crippen LogP contribution in [0.15, 0.2) is 78.9 Å². The molecule has 10 heteroatoms. The second-order valence-electron chi connectivity index (χ2n) is 11.0. The summed E-state index contributed by atoms with van der Waals surface area (Å²) in [4.78, 5) is 48.1. The summed E-state index contributed by atoms with van der Waals surface area (Å²) in [5.41, 5.74) is 4.73. The number of aromatic hydroxyl groups is 1. The number of aryl methyl sites for hydroxylation is 1. The van der Waals surface area contributed by atoms with Crippen LogP contribution in [0.4, 0.5) is 4.79 Å². The normalized spacial score (nSPS) is 19.3. The van der Waals surface area contributed by atoms with Crippen LogP contribution in [0.2, 0.25) is 0 Å². The molecule has 42 heavy (non-hydrogen) atoms. The number of benzene rings is 3. The number of hydrogen-bond donors (Lipinski definition) is 3. The monoisotopic (exact) mass is 566 g/mol. The minimum Gasteiger partial charge on any atom is -0.508 e. The number of para-hydroxylation sites is 1. The summed E-state index contributed by atoms with van der Waals surface area (Å²) in [5, 5.41) is 17.1. The molecule has 2 aliphatic rings. The fourth-order valence-electron chi connectivity index (χ4n) is 6.04. The summed E-state index contributed by atoms with van der Waals surface area (Å²) in [6, 6.07) is 23.1. The van der Waals surface area contributed by atoms with Gasteiger partial charge in [-0.05, 0) is 41.8 Å². The van der Waals surface area contributed by atoms with Crippen molar-refractivity contribution in [2.75, 3.05) is 20.1 Å². The van der Waals surface area contributed by atoms with Crippen molar-refractivity contribution in [3.8, 4) is 5.75 Å². The number of aromatic nitrogens is 1. The molecule has 3 heterocycles. The van der Waals surface area contributed by atoms with Crippen LogP contribution in [0.5, 0.6) is 5.75 Å². The Hall–Kier alpha value is -4.83. The van der Waals surface area contributed by atoms with Gasteiger partial charge in [-0.25, -0.2) is 14.8 Å². The molecule has 2 fully saturated rings. The molecule has 10 nitrogen and oxygen atoms in total. The van der Waals surface area contributed by atoms with E-state index in [9.17, 15) is 19.5 Å². The number of phenols is 1. The highest BCUT2D eigenvalue weighted by Gasteiger charge is 2.50. The van der Waals surface area contributed by atoms with Gasteiger partial charge in [-0.2, -0.15) is 0 Å². The first-order valence-corrected chi connectivity index (χ1v) is 14.1. The Morgan fingerprint density at radius 2 is 1.69 bits per heavy atom. The smallest absolute Gasteiger partial charge is 0.334 e. The minimum atomic E-state index is -0.816. The highest BCUT2D eigenvalue weighted by Crippen LogP contribution is 2.30. The predicted molar refractivity (Wildman–Crippen MR) is 158 cm³/mol. The van der Waals surface area contributed by atoms with Gasteiger partial charge in [-0.15, -0.1) is 0 Å². The van der Waals surface area contributed by atoms with Crippen LogP contribution in [0.1, 0.15) is 22.4 Å². The van der Waals surface area contributed by atoms with Crippen LogP contribution in [0.3, 0.4) is 0 Å². The van der Waals surface area contributed by atoms with E-state index in [4.69, 9.17) is 0 Å². The lowest BCUT2D eigenvalue weighted by Gasteiger charge is -2.54. The van der Waals surface area contributed by atoms with Crippen molar-refractivity contribution in [3.63, 3.8) is 0 Å². The van der Waals surface area contributed by atoms with Crippen LogP contribution < -0.4 is 5.32 Å². The number of piperazine rings is 1. The van der Waals surface area contributed by atoms with E-state index in [1.165, 1.54) is 0 Å². The van der Waals surface area contributed by atoms with Gasteiger partial charge in [0.25, 0.3) is 0 Å².